The van der Waals surface area contributed by atoms with Crippen LogP contribution in [0.1, 0.15) is 5.56 Å². The van der Waals surface area contributed by atoms with Crippen LogP contribution in [0.4, 0.5) is 0 Å². The molecule has 0 fully saturated rings. The molecule has 1 amide bonds. The van der Waals surface area contributed by atoms with Crippen LogP contribution in [-0.4, -0.2) is 23.3 Å². The molecule has 0 saturated carbocycles. The molecule has 6 nitrogen and oxygen atoms in total. The number of fused-ring (bicyclic) bond motifs is 2. The highest BCUT2D eigenvalue weighted by molar-refractivity contribution is 5.99. The summed E-state index contributed by atoms with van der Waals surface area (Å²) in [5.74, 6) is 0.303. The number of carbonyl (C=O) groups is 1. The van der Waals surface area contributed by atoms with E-state index in [1.807, 2.05) is 77.5 Å². The van der Waals surface area contributed by atoms with Gasteiger partial charge < -0.3 is 9.30 Å². The molecule has 0 aliphatic carbocycles. The molecule has 1 N–H and O–H groups in total. The normalized spacial score (nSPS) is 11.0. The SMILES string of the molecule is N#CCn1cc(/C=N/NC(=O)COc2cccc3ccccc23)c2ccccc21. The fourth-order valence-electron chi connectivity index (χ4n) is 3.26. The average molecular weight is 382 g/mol. The molecule has 3 aromatic carbocycles. The molecule has 0 atom stereocenters. The number of aromatic nitrogens is 1. The van der Waals surface area contributed by atoms with Crippen LogP contribution in [0.3, 0.4) is 0 Å². The Balaban J connectivity index is 1.42. The molecule has 6 heteroatoms. The van der Waals surface area contributed by atoms with Crippen molar-refractivity contribution in [3.63, 3.8) is 0 Å². The molecule has 0 saturated heterocycles. The maximum absolute atomic E-state index is 12.1. The van der Waals surface area contributed by atoms with Crippen LogP contribution < -0.4 is 10.2 Å². The molecular weight excluding hydrogens is 364 g/mol. The Morgan fingerprint density at radius 1 is 1.07 bits per heavy atom. The van der Waals surface area contributed by atoms with Crippen molar-refractivity contribution in [1.82, 2.24) is 9.99 Å². The zero-order valence-electron chi connectivity index (χ0n) is 15.6. The Morgan fingerprint density at radius 2 is 1.83 bits per heavy atom. The molecule has 0 unspecified atom stereocenters. The lowest BCUT2D eigenvalue weighted by Crippen LogP contribution is -2.24. The van der Waals surface area contributed by atoms with E-state index in [1.54, 1.807) is 6.21 Å². The third kappa shape index (κ3) is 3.94. The summed E-state index contributed by atoms with van der Waals surface area (Å²) in [6, 6.07) is 23.5. The molecule has 1 aromatic heterocycles. The van der Waals surface area contributed by atoms with Gasteiger partial charge in [-0.3, -0.25) is 4.79 Å². The third-order valence-electron chi connectivity index (χ3n) is 4.56. The molecule has 0 spiro atoms. The third-order valence-corrected chi connectivity index (χ3v) is 4.56. The van der Waals surface area contributed by atoms with Crippen molar-refractivity contribution in [2.75, 3.05) is 6.61 Å². The topological polar surface area (TPSA) is 79.4 Å². The number of nitrogens with zero attached hydrogens (tertiary/aromatic N) is 3. The van der Waals surface area contributed by atoms with Gasteiger partial charge in [0.25, 0.3) is 5.91 Å². The van der Waals surface area contributed by atoms with Gasteiger partial charge in [-0.2, -0.15) is 10.4 Å². The molecule has 142 valence electrons. The maximum Gasteiger partial charge on any atom is 0.277 e. The van der Waals surface area contributed by atoms with E-state index >= 15 is 0 Å². The fraction of sp³-hybridized carbons (Fsp3) is 0.0870. The van der Waals surface area contributed by atoms with Gasteiger partial charge in [-0.05, 0) is 17.5 Å². The number of carbonyl (C=O) groups excluding carboxylic acids is 1. The van der Waals surface area contributed by atoms with E-state index < -0.39 is 0 Å². The van der Waals surface area contributed by atoms with Crippen molar-refractivity contribution >= 4 is 33.8 Å². The minimum absolute atomic E-state index is 0.137. The number of rotatable bonds is 6. The largest absolute Gasteiger partial charge is 0.483 e. The number of ether oxygens (including phenoxy) is 1. The van der Waals surface area contributed by atoms with E-state index in [1.165, 1.54) is 0 Å². The van der Waals surface area contributed by atoms with Crippen molar-refractivity contribution in [3.05, 3.63) is 78.5 Å². The number of para-hydroxylation sites is 1. The molecule has 29 heavy (non-hydrogen) atoms. The first kappa shape index (κ1) is 18.3. The van der Waals surface area contributed by atoms with Crippen molar-refractivity contribution in [2.24, 2.45) is 5.10 Å². The summed E-state index contributed by atoms with van der Waals surface area (Å²) in [6.45, 7) is 0.112. The zero-order chi connectivity index (χ0) is 20.1. The highest BCUT2D eigenvalue weighted by atomic mass is 16.5. The lowest BCUT2D eigenvalue weighted by Gasteiger charge is -2.08. The predicted molar refractivity (Wildman–Crippen MR) is 113 cm³/mol. The molecule has 4 rings (SSSR count). The van der Waals surface area contributed by atoms with E-state index in [9.17, 15) is 4.79 Å². The Hall–Kier alpha value is -4.11. The van der Waals surface area contributed by atoms with Gasteiger partial charge in [-0.15, -0.1) is 0 Å². The summed E-state index contributed by atoms with van der Waals surface area (Å²) in [7, 11) is 0. The van der Waals surface area contributed by atoms with Crippen LogP contribution in [-0.2, 0) is 11.3 Å². The van der Waals surface area contributed by atoms with Crippen molar-refractivity contribution in [1.29, 1.82) is 5.26 Å². The van der Waals surface area contributed by atoms with Gasteiger partial charge >= 0.3 is 0 Å². The van der Waals surface area contributed by atoms with Crippen LogP contribution in [0.2, 0.25) is 0 Å². The van der Waals surface area contributed by atoms with Crippen LogP contribution in [0.5, 0.6) is 5.75 Å². The molecule has 0 radical (unpaired) electrons. The van der Waals surface area contributed by atoms with E-state index in [0.717, 1.165) is 27.2 Å². The lowest BCUT2D eigenvalue weighted by molar-refractivity contribution is -0.123. The minimum Gasteiger partial charge on any atom is -0.483 e. The second-order valence-electron chi connectivity index (χ2n) is 6.45. The summed E-state index contributed by atoms with van der Waals surface area (Å²) >= 11 is 0. The van der Waals surface area contributed by atoms with Gasteiger partial charge in [0, 0.05) is 28.0 Å². The number of hydrazone groups is 1. The molecule has 0 aliphatic heterocycles. The summed E-state index contributed by atoms with van der Waals surface area (Å²) in [6.07, 6.45) is 3.42. The van der Waals surface area contributed by atoms with Crippen LogP contribution >= 0.6 is 0 Å². The van der Waals surface area contributed by atoms with Gasteiger partial charge in [0.1, 0.15) is 12.3 Å². The van der Waals surface area contributed by atoms with E-state index in [4.69, 9.17) is 10.00 Å². The molecule has 4 aromatic rings. The Labute approximate surface area is 167 Å². The van der Waals surface area contributed by atoms with E-state index in [0.29, 0.717) is 5.75 Å². The molecule has 1 heterocycles. The number of amides is 1. The Morgan fingerprint density at radius 3 is 2.69 bits per heavy atom. The molecule has 0 bridgehead atoms. The second-order valence-corrected chi connectivity index (χ2v) is 6.45. The lowest BCUT2D eigenvalue weighted by atomic mass is 10.1. The monoisotopic (exact) mass is 382 g/mol. The quantitative estimate of drug-likeness (QED) is 0.406. The van der Waals surface area contributed by atoms with Gasteiger partial charge in [-0.25, -0.2) is 5.43 Å². The van der Waals surface area contributed by atoms with Gasteiger partial charge in [0.05, 0.1) is 12.3 Å². The Bertz CT molecular complexity index is 1250. The molecular formula is C23H18N4O2. The first-order chi connectivity index (χ1) is 14.3. The van der Waals surface area contributed by atoms with Crippen molar-refractivity contribution in [2.45, 2.75) is 6.54 Å². The summed E-state index contributed by atoms with van der Waals surface area (Å²) in [4.78, 5) is 12.1. The van der Waals surface area contributed by atoms with Crippen LogP contribution in [0.15, 0.2) is 78.0 Å². The highest BCUT2D eigenvalue weighted by Gasteiger charge is 2.07. The fourth-order valence-corrected chi connectivity index (χ4v) is 3.26. The predicted octanol–water partition coefficient (Wildman–Crippen LogP) is 3.85. The van der Waals surface area contributed by atoms with Crippen LogP contribution in [0.25, 0.3) is 21.7 Å². The minimum atomic E-state index is -0.352. The maximum atomic E-state index is 12.1. The Kier molecular flexibility index (Phi) is 5.21. The highest BCUT2D eigenvalue weighted by Crippen LogP contribution is 2.25. The smallest absolute Gasteiger partial charge is 0.277 e. The number of hydrogen-bond donors (Lipinski definition) is 1. The van der Waals surface area contributed by atoms with Crippen molar-refractivity contribution in [3.8, 4) is 11.8 Å². The second kappa shape index (κ2) is 8.28. The summed E-state index contributed by atoms with van der Waals surface area (Å²) in [5.41, 5.74) is 4.26. The number of hydrogen-bond acceptors (Lipinski definition) is 4. The standard InChI is InChI=1S/C23H18N4O2/c24-12-13-27-15-18(19-8-3-4-10-21(19)27)14-25-26-23(28)16-29-22-11-5-7-17-6-1-2-9-20(17)22/h1-11,14-15H,13,16H2,(H,26,28)/b25-14+. The number of benzene rings is 3. The van der Waals surface area contributed by atoms with E-state index in [2.05, 4.69) is 16.6 Å². The number of nitriles is 1. The van der Waals surface area contributed by atoms with Gasteiger partial charge in [0.2, 0.25) is 0 Å². The first-order valence-electron chi connectivity index (χ1n) is 9.13. The molecule has 0 aliphatic rings. The average Bonchev–Trinajstić information content (AvgIpc) is 3.10. The zero-order valence-corrected chi connectivity index (χ0v) is 15.6. The van der Waals surface area contributed by atoms with Gasteiger partial charge in [-0.1, -0.05) is 54.6 Å². The first-order valence-corrected chi connectivity index (χ1v) is 9.13. The van der Waals surface area contributed by atoms with Gasteiger partial charge in [0.15, 0.2) is 6.61 Å². The van der Waals surface area contributed by atoms with Crippen LogP contribution in [0, 0.1) is 11.3 Å². The number of nitrogens with one attached hydrogen (secondary N) is 1. The summed E-state index contributed by atoms with van der Waals surface area (Å²) < 4.78 is 7.51. The van der Waals surface area contributed by atoms with E-state index in [-0.39, 0.29) is 19.1 Å². The summed E-state index contributed by atoms with van der Waals surface area (Å²) in [5, 5.41) is 16.0. The van der Waals surface area contributed by atoms with Crippen molar-refractivity contribution < 1.29 is 9.53 Å².